The van der Waals surface area contributed by atoms with E-state index in [0.29, 0.717) is 25.7 Å². The van der Waals surface area contributed by atoms with Crippen LogP contribution < -0.4 is 0 Å². The number of Topliss-reactive ketones (excluding diaryl/α,β-unsaturated/α-hetero) is 1. The largest absolute Gasteiger partial charge is 0.394 e. The molecule has 3 saturated carbocycles. The number of carbonyl (C=O) groups is 1. The van der Waals surface area contributed by atoms with Gasteiger partial charge in [-0.3, -0.25) is 4.79 Å². The standard InChI is InChI=1S/C33H54O9/c1-16(2)10-20(36)11-17(3)27-24(41-31-30(40)29(39)28(38)25(15-34)42-31)14-22-26-21(7-9-33(22,27)5)32(4)8-6-19(35)12-18(32)13-23(26)37/h13,16-17,19,21-31,34-35,37-40H,6-12,14-15H2,1-5H3/t17-,19+,21+,22+,23+,24+,25-,26-,27+,28-,29+,30-,31-,32+,33+/m1/s1. The molecule has 9 heteroatoms. The molecule has 0 radical (unpaired) electrons. The number of ketones is 1. The highest BCUT2D eigenvalue weighted by Crippen LogP contribution is 2.68. The zero-order chi connectivity index (χ0) is 30.7. The Balaban J connectivity index is 1.47. The Morgan fingerprint density at radius 3 is 2.38 bits per heavy atom. The van der Waals surface area contributed by atoms with E-state index >= 15 is 0 Å². The minimum atomic E-state index is -1.53. The van der Waals surface area contributed by atoms with Crippen molar-refractivity contribution in [3.05, 3.63) is 11.6 Å². The van der Waals surface area contributed by atoms with Gasteiger partial charge in [-0.25, -0.2) is 0 Å². The molecule has 0 aromatic carbocycles. The van der Waals surface area contributed by atoms with Gasteiger partial charge in [-0.1, -0.05) is 46.3 Å². The predicted molar refractivity (Wildman–Crippen MR) is 155 cm³/mol. The molecule has 0 aromatic rings. The number of carbonyl (C=O) groups excluding carboxylic acids is 1. The molecular formula is C33H54O9. The Morgan fingerprint density at radius 2 is 1.71 bits per heavy atom. The summed E-state index contributed by atoms with van der Waals surface area (Å²) in [6, 6.07) is 0. The van der Waals surface area contributed by atoms with Gasteiger partial charge in [0.15, 0.2) is 6.29 Å². The van der Waals surface area contributed by atoms with Gasteiger partial charge in [0.05, 0.1) is 24.9 Å². The first kappa shape index (κ1) is 32.5. The van der Waals surface area contributed by atoms with E-state index in [9.17, 15) is 35.4 Å². The van der Waals surface area contributed by atoms with Crippen molar-refractivity contribution in [3.8, 4) is 0 Å². The van der Waals surface area contributed by atoms with Crippen molar-refractivity contribution in [2.45, 2.75) is 135 Å². The van der Waals surface area contributed by atoms with Crippen LogP contribution in [0.2, 0.25) is 0 Å². The summed E-state index contributed by atoms with van der Waals surface area (Å²) in [5, 5.41) is 63.4. The fourth-order valence-electron chi connectivity index (χ4n) is 10.2. The minimum absolute atomic E-state index is 0.00258. The van der Waals surface area contributed by atoms with Gasteiger partial charge < -0.3 is 40.1 Å². The molecule has 0 aromatic heterocycles. The van der Waals surface area contributed by atoms with Crippen LogP contribution in [0.4, 0.5) is 0 Å². The molecule has 1 heterocycles. The van der Waals surface area contributed by atoms with Crippen LogP contribution in [0.15, 0.2) is 11.6 Å². The zero-order valence-corrected chi connectivity index (χ0v) is 25.9. The zero-order valence-electron chi connectivity index (χ0n) is 25.9. The van der Waals surface area contributed by atoms with Crippen molar-refractivity contribution in [1.29, 1.82) is 0 Å². The molecule has 6 N–H and O–H groups in total. The molecular weight excluding hydrogens is 540 g/mol. The summed E-state index contributed by atoms with van der Waals surface area (Å²) in [5.41, 5.74) is 0.860. The van der Waals surface area contributed by atoms with Crippen molar-refractivity contribution in [1.82, 2.24) is 0 Å². The predicted octanol–water partition coefficient (Wildman–Crippen LogP) is 2.33. The molecule has 240 valence electrons. The number of hydrogen-bond acceptors (Lipinski definition) is 9. The molecule has 15 atom stereocenters. The fraction of sp³-hybridized carbons (Fsp3) is 0.909. The second kappa shape index (κ2) is 12.1. The molecule has 0 spiro atoms. The maximum Gasteiger partial charge on any atom is 0.186 e. The van der Waals surface area contributed by atoms with Crippen LogP contribution in [0.1, 0.15) is 86.0 Å². The molecule has 1 saturated heterocycles. The molecule has 5 aliphatic rings. The fourth-order valence-corrected chi connectivity index (χ4v) is 10.2. The maximum atomic E-state index is 13.0. The van der Waals surface area contributed by atoms with Crippen LogP contribution in [-0.4, -0.2) is 92.0 Å². The van der Waals surface area contributed by atoms with Gasteiger partial charge in [-0.05, 0) is 84.9 Å². The highest BCUT2D eigenvalue weighted by molar-refractivity contribution is 5.78. The molecule has 1 aliphatic heterocycles. The second-order valence-corrected chi connectivity index (χ2v) is 15.3. The quantitative estimate of drug-likeness (QED) is 0.232. The van der Waals surface area contributed by atoms with Crippen LogP contribution in [0.5, 0.6) is 0 Å². The first-order chi connectivity index (χ1) is 19.7. The number of hydrogen-bond donors (Lipinski definition) is 6. The molecule has 4 aliphatic carbocycles. The van der Waals surface area contributed by atoms with E-state index in [0.717, 1.165) is 25.7 Å². The van der Waals surface area contributed by atoms with Gasteiger partial charge in [0.1, 0.15) is 30.2 Å². The Kier molecular flexibility index (Phi) is 9.37. The van der Waals surface area contributed by atoms with E-state index in [2.05, 4.69) is 20.8 Å². The smallest absolute Gasteiger partial charge is 0.186 e. The van der Waals surface area contributed by atoms with Crippen LogP contribution in [0.25, 0.3) is 0 Å². The third-order valence-electron chi connectivity index (χ3n) is 12.1. The lowest BCUT2D eigenvalue weighted by Crippen LogP contribution is -2.60. The van der Waals surface area contributed by atoms with Gasteiger partial charge in [0.2, 0.25) is 0 Å². The van der Waals surface area contributed by atoms with Crippen molar-refractivity contribution in [2.24, 2.45) is 46.3 Å². The summed E-state index contributed by atoms with van der Waals surface area (Å²) in [6.07, 6.45) is -0.564. The second-order valence-electron chi connectivity index (χ2n) is 15.3. The Morgan fingerprint density at radius 1 is 1.00 bits per heavy atom. The number of aliphatic hydroxyl groups is 6. The van der Waals surface area contributed by atoms with Crippen LogP contribution in [0.3, 0.4) is 0 Å². The van der Waals surface area contributed by atoms with Gasteiger partial charge >= 0.3 is 0 Å². The molecule has 0 unspecified atom stereocenters. The number of fused-ring (bicyclic) bond motifs is 5. The lowest BCUT2D eigenvalue weighted by atomic mass is 9.46. The van der Waals surface area contributed by atoms with Crippen molar-refractivity contribution in [2.75, 3.05) is 6.61 Å². The van der Waals surface area contributed by atoms with E-state index in [1.54, 1.807) is 0 Å². The minimum Gasteiger partial charge on any atom is -0.394 e. The number of ether oxygens (including phenoxy) is 2. The average Bonchev–Trinajstić information content (AvgIpc) is 3.21. The summed E-state index contributed by atoms with van der Waals surface area (Å²) < 4.78 is 12.3. The third-order valence-corrected chi connectivity index (χ3v) is 12.1. The topological polar surface area (TPSA) is 157 Å². The average molecular weight is 595 g/mol. The molecule has 4 fully saturated rings. The molecule has 0 amide bonds. The van der Waals surface area contributed by atoms with Crippen LogP contribution in [0, 0.1) is 46.3 Å². The molecule has 9 nitrogen and oxygen atoms in total. The number of rotatable bonds is 8. The Bertz CT molecular complexity index is 1010. The number of aliphatic hydroxyl groups excluding tert-OH is 6. The summed E-state index contributed by atoms with van der Waals surface area (Å²) in [4.78, 5) is 13.0. The van der Waals surface area contributed by atoms with Crippen molar-refractivity contribution < 1.29 is 44.9 Å². The molecule has 42 heavy (non-hydrogen) atoms. The SMILES string of the molecule is CC(C)CC(=O)C[C@@H](C)[C@H]1[C@@H](O[C@@H]2O[C@H](CO)[C@@H](O)[C@H](O)[C@H]2O)C[C@H]2[C@@H]3[C@@H](O)C=C4C[C@@H](O)CC[C@]4(C)[C@H]3CC[C@]12C. The molecule has 5 rings (SSSR count). The van der Waals surface area contributed by atoms with E-state index in [1.807, 2.05) is 19.9 Å². The van der Waals surface area contributed by atoms with Crippen LogP contribution >= 0.6 is 0 Å². The van der Waals surface area contributed by atoms with Gasteiger partial charge in [0.25, 0.3) is 0 Å². The normalized spacial score (nSPS) is 49.6. The van der Waals surface area contributed by atoms with E-state index in [-0.39, 0.29) is 58.2 Å². The van der Waals surface area contributed by atoms with E-state index in [4.69, 9.17) is 9.47 Å². The monoisotopic (exact) mass is 594 g/mol. The first-order valence-electron chi connectivity index (χ1n) is 16.3. The van der Waals surface area contributed by atoms with Crippen LogP contribution in [-0.2, 0) is 14.3 Å². The summed E-state index contributed by atoms with van der Waals surface area (Å²) in [5.74, 6) is 0.746. The lowest BCUT2D eigenvalue weighted by Gasteiger charge is -2.59. The van der Waals surface area contributed by atoms with Gasteiger partial charge in [0, 0.05) is 12.8 Å². The van der Waals surface area contributed by atoms with Gasteiger partial charge in [-0.15, -0.1) is 0 Å². The first-order valence-corrected chi connectivity index (χ1v) is 16.3. The summed E-state index contributed by atoms with van der Waals surface area (Å²) >= 11 is 0. The molecule has 0 bridgehead atoms. The van der Waals surface area contributed by atoms with Crippen molar-refractivity contribution in [3.63, 3.8) is 0 Å². The Hall–Kier alpha value is -0.910. The Labute approximate surface area is 250 Å². The van der Waals surface area contributed by atoms with E-state index < -0.39 is 49.5 Å². The van der Waals surface area contributed by atoms with Crippen molar-refractivity contribution >= 4 is 5.78 Å². The maximum absolute atomic E-state index is 13.0. The summed E-state index contributed by atoms with van der Waals surface area (Å²) in [7, 11) is 0. The highest BCUT2D eigenvalue weighted by atomic mass is 16.7. The lowest BCUT2D eigenvalue weighted by molar-refractivity contribution is -0.315. The van der Waals surface area contributed by atoms with Gasteiger partial charge in [-0.2, -0.15) is 0 Å². The third kappa shape index (κ3) is 5.55. The van der Waals surface area contributed by atoms with E-state index in [1.165, 1.54) is 5.57 Å². The summed E-state index contributed by atoms with van der Waals surface area (Å²) in [6.45, 7) is 10.2. The highest BCUT2D eigenvalue weighted by Gasteiger charge is 2.64.